The van der Waals surface area contributed by atoms with Crippen molar-refractivity contribution >= 4 is 34.7 Å². The zero-order valence-corrected chi connectivity index (χ0v) is 14.8. The molecular formula is C16H11N5O6S. The predicted octanol–water partition coefficient (Wildman–Crippen LogP) is 3.28. The van der Waals surface area contributed by atoms with Gasteiger partial charge in [0.05, 0.1) is 15.6 Å². The molecule has 0 unspecified atom stereocenters. The molecule has 28 heavy (non-hydrogen) atoms. The van der Waals surface area contributed by atoms with Gasteiger partial charge in [0.15, 0.2) is 0 Å². The maximum atomic E-state index is 12.0. The largest absolute Gasteiger partial charge is 0.411 e. The van der Waals surface area contributed by atoms with E-state index >= 15 is 0 Å². The number of benzene rings is 2. The molecule has 3 aromatic rings. The van der Waals surface area contributed by atoms with E-state index < -0.39 is 15.8 Å². The van der Waals surface area contributed by atoms with Crippen LogP contribution in [-0.4, -0.2) is 31.7 Å². The Labute approximate surface area is 161 Å². The Hall–Kier alpha value is -3.80. The quantitative estimate of drug-likeness (QED) is 0.356. The summed E-state index contributed by atoms with van der Waals surface area (Å²) in [6.07, 6.45) is 0. The van der Waals surface area contributed by atoms with Crippen molar-refractivity contribution in [1.82, 2.24) is 10.2 Å². The summed E-state index contributed by atoms with van der Waals surface area (Å²) in [5, 5.41) is 31.9. The molecular weight excluding hydrogens is 390 g/mol. The molecule has 0 bridgehead atoms. The average molecular weight is 401 g/mol. The summed E-state index contributed by atoms with van der Waals surface area (Å²) < 4.78 is 5.40. The lowest BCUT2D eigenvalue weighted by Gasteiger charge is -2.04. The third-order valence-corrected chi connectivity index (χ3v) is 4.23. The van der Waals surface area contributed by atoms with Gasteiger partial charge in [0.25, 0.3) is 16.6 Å². The summed E-state index contributed by atoms with van der Waals surface area (Å²) in [5.41, 5.74) is 0.124. The fraction of sp³-hybridized carbons (Fsp3) is 0.0625. The number of nitro benzene ring substituents is 2. The van der Waals surface area contributed by atoms with E-state index in [-0.39, 0.29) is 33.9 Å². The van der Waals surface area contributed by atoms with E-state index in [0.717, 1.165) is 11.8 Å². The van der Waals surface area contributed by atoms with Crippen molar-refractivity contribution in [2.24, 2.45) is 0 Å². The number of carbonyl (C=O) groups excluding carboxylic acids is 1. The smallest absolute Gasteiger partial charge is 0.292 e. The van der Waals surface area contributed by atoms with E-state index in [1.54, 1.807) is 12.1 Å². The minimum absolute atomic E-state index is 0.0744. The highest BCUT2D eigenvalue weighted by Crippen LogP contribution is 2.27. The minimum Gasteiger partial charge on any atom is -0.411 e. The molecule has 0 saturated carbocycles. The van der Waals surface area contributed by atoms with Gasteiger partial charge in [-0.05, 0) is 12.1 Å². The van der Waals surface area contributed by atoms with Crippen LogP contribution in [0.25, 0.3) is 11.5 Å². The van der Waals surface area contributed by atoms with Crippen molar-refractivity contribution in [3.63, 3.8) is 0 Å². The molecule has 142 valence electrons. The number of nitro groups is 2. The third kappa shape index (κ3) is 4.48. The van der Waals surface area contributed by atoms with Crippen molar-refractivity contribution in [3.05, 3.63) is 68.8 Å². The van der Waals surface area contributed by atoms with Crippen LogP contribution < -0.4 is 5.32 Å². The van der Waals surface area contributed by atoms with Crippen LogP contribution in [0.5, 0.6) is 0 Å². The summed E-state index contributed by atoms with van der Waals surface area (Å²) >= 11 is 0.932. The van der Waals surface area contributed by atoms with E-state index in [0.29, 0.717) is 5.56 Å². The Balaban J connectivity index is 1.63. The number of thioether (sulfide) groups is 1. The van der Waals surface area contributed by atoms with Gasteiger partial charge < -0.3 is 9.73 Å². The first kappa shape index (κ1) is 19.0. The minimum atomic E-state index is -0.591. The number of carbonyl (C=O) groups is 1. The summed E-state index contributed by atoms with van der Waals surface area (Å²) in [7, 11) is 0. The molecule has 1 N–H and O–H groups in total. The molecule has 0 saturated heterocycles. The van der Waals surface area contributed by atoms with Gasteiger partial charge in [-0.2, -0.15) is 0 Å². The molecule has 0 fully saturated rings. The second kappa shape index (κ2) is 8.26. The Kier molecular flexibility index (Phi) is 5.60. The predicted molar refractivity (Wildman–Crippen MR) is 98.8 cm³/mol. The first-order chi connectivity index (χ1) is 13.4. The van der Waals surface area contributed by atoms with Gasteiger partial charge in [-0.1, -0.05) is 30.0 Å². The highest BCUT2D eigenvalue weighted by Gasteiger charge is 2.17. The molecule has 0 aliphatic heterocycles. The molecule has 1 amide bonds. The topological polar surface area (TPSA) is 154 Å². The Bertz CT molecular complexity index is 1050. The van der Waals surface area contributed by atoms with Crippen LogP contribution in [0, 0.1) is 20.2 Å². The number of nitrogens with one attached hydrogen (secondary N) is 1. The summed E-state index contributed by atoms with van der Waals surface area (Å²) in [4.78, 5) is 32.7. The van der Waals surface area contributed by atoms with Gasteiger partial charge in [-0.3, -0.25) is 25.0 Å². The van der Waals surface area contributed by atoms with Crippen molar-refractivity contribution in [2.75, 3.05) is 11.1 Å². The average Bonchev–Trinajstić information content (AvgIpc) is 3.16. The molecule has 0 spiro atoms. The van der Waals surface area contributed by atoms with Crippen molar-refractivity contribution in [1.29, 1.82) is 0 Å². The number of rotatable bonds is 7. The van der Waals surface area contributed by atoms with Gasteiger partial charge in [0, 0.05) is 23.8 Å². The van der Waals surface area contributed by atoms with Crippen LogP contribution >= 0.6 is 11.8 Å². The Morgan fingerprint density at radius 3 is 2.61 bits per heavy atom. The number of hydrogen-bond acceptors (Lipinski definition) is 9. The van der Waals surface area contributed by atoms with Gasteiger partial charge in [-0.25, -0.2) is 0 Å². The standard InChI is InChI=1S/C16H11N5O6S/c22-14(17-12-6-1-2-7-13(12)21(25)26)9-28-16-19-18-15(27-16)10-4-3-5-11(8-10)20(23)24/h1-8H,9H2,(H,17,22). The van der Waals surface area contributed by atoms with E-state index in [1.165, 1.54) is 36.4 Å². The fourth-order valence-electron chi connectivity index (χ4n) is 2.19. The Morgan fingerprint density at radius 2 is 1.86 bits per heavy atom. The lowest BCUT2D eigenvalue weighted by atomic mass is 10.2. The Morgan fingerprint density at radius 1 is 1.07 bits per heavy atom. The first-order valence-electron chi connectivity index (χ1n) is 7.68. The summed E-state index contributed by atoms with van der Waals surface area (Å²) in [6.45, 7) is 0. The van der Waals surface area contributed by atoms with E-state index in [9.17, 15) is 25.0 Å². The highest BCUT2D eigenvalue weighted by atomic mass is 32.2. The van der Waals surface area contributed by atoms with Gasteiger partial charge in [-0.15, -0.1) is 10.2 Å². The number of amides is 1. The molecule has 0 atom stereocenters. The molecule has 0 aliphatic rings. The maximum absolute atomic E-state index is 12.0. The van der Waals surface area contributed by atoms with Crippen LogP contribution in [0.3, 0.4) is 0 Å². The normalized spacial score (nSPS) is 10.4. The molecule has 1 aromatic heterocycles. The molecule has 12 heteroatoms. The number of hydrogen-bond donors (Lipinski definition) is 1. The van der Waals surface area contributed by atoms with Gasteiger partial charge >= 0.3 is 0 Å². The summed E-state index contributed by atoms with van der Waals surface area (Å²) in [6, 6.07) is 11.5. The highest BCUT2D eigenvalue weighted by molar-refractivity contribution is 7.99. The van der Waals surface area contributed by atoms with Crippen molar-refractivity contribution in [2.45, 2.75) is 5.22 Å². The van der Waals surface area contributed by atoms with Crippen LogP contribution in [0.4, 0.5) is 17.1 Å². The number of anilines is 1. The van der Waals surface area contributed by atoms with Crippen LogP contribution in [0.2, 0.25) is 0 Å². The second-order valence-electron chi connectivity index (χ2n) is 5.29. The van der Waals surface area contributed by atoms with E-state index in [1.807, 2.05) is 0 Å². The van der Waals surface area contributed by atoms with Gasteiger partial charge in [0.1, 0.15) is 5.69 Å². The van der Waals surface area contributed by atoms with E-state index in [4.69, 9.17) is 4.42 Å². The number of para-hydroxylation sites is 2. The number of nitrogens with zero attached hydrogens (tertiary/aromatic N) is 4. The van der Waals surface area contributed by atoms with Gasteiger partial charge in [0.2, 0.25) is 11.8 Å². The lowest BCUT2D eigenvalue weighted by molar-refractivity contribution is -0.384. The number of aromatic nitrogens is 2. The summed E-state index contributed by atoms with van der Waals surface area (Å²) in [5.74, 6) is -0.539. The SMILES string of the molecule is O=C(CSc1nnc(-c2cccc([N+](=O)[O-])c2)o1)Nc1ccccc1[N+](=O)[O-]. The molecule has 2 aromatic carbocycles. The van der Waals surface area contributed by atoms with Crippen LogP contribution in [-0.2, 0) is 4.79 Å². The zero-order chi connectivity index (χ0) is 20.1. The van der Waals surface area contributed by atoms with Crippen molar-refractivity contribution < 1.29 is 19.1 Å². The maximum Gasteiger partial charge on any atom is 0.292 e. The molecule has 11 nitrogen and oxygen atoms in total. The zero-order valence-electron chi connectivity index (χ0n) is 14.0. The second-order valence-corrected chi connectivity index (χ2v) is 6.22. The number of non-ortho nitro benzene ring substituents is 1. The van der Waals surface area contributed by atoms with E-state index in [2.05, 4.69) is 15.5 Å². The first-order valence-corrected chi connectivity index (χ1v) is 8.67. The third-order valence-electron chi connectivity index (χ3n) is 3.41. The van der Waals surface area contributed by atoms with Crippen molar-refractivity contribution in [3.8, 4) is 11.5 Å². The van der Waals surface area contributed by atoms with Crippen LogP contribution in [0.15, 0.2) is 58.2 Å². The molecule has 0 radical (unpaired) electrons. The molecule has 0 aliphatic carbocycles. The molecule has 1 heterocycles. The molecule has 3 rings (SSSR count). The monoisotopic (exact) mass is 401 g/mol. The van der Waals surface area contributed by atoms with Crippen LogP contribution in [0.1, 0.15) is 0 Å². The lowest BCUT2D eigenvalue weighted by Crippen LogP contribution is -2.15. The fourth-order valence-corrected chi connectivity index (χ4v) is 2.75.